The number of aromatic nitrogens is 5. The van der Waals surface area contributed by atoms with Gasteiger partial charge >= 0.3 is 0 Å². The minimum absolute atomic E-state index is 0.173. The van der Waals surface area contributed by atoms with E-state index in [0.29, 0.717) is 5.92 Å². The van der Waals surface area contributed by atoms with E-state index in [2.05, 4.69) is 29.5 Å². The third-order valence-electron chi connectivity index (χ3n) is 5.68. The number of likely N-dealkylation sites (tertiary alicyclic amines) is 1. The molecule has 5 rings (SSSR count). The predicted molar refractivity (Wildman–Crippen MR) is 97.1 cm³/mol. The summed E-state index contributed by atoms with van der Waals surface area (Å²) in [5.41, 5.74) is 2.03. The zero-order chi connectivity index (χ0) is 18.1. The van der Waals surface area contributed by atoms with Crippen LogP contribution in [-0.2, 0) is 11.3 Å². The van der Waals surface area contributed by atoms with Crippen molar-refractivity contribution < 1.29 is 9.15 Å². The molecule has 0 saturated carbocycles. The number of ether oxygens (including phenoxy) is 1. The lowest BCUT2D eigenvalue weighted by atomic mass is 10.0. The Morgan fingerprint density at radius 1 is 1.04 bits per heavy atom. The van der Waals surface area contributed by atoms with Crippen molar-refractivity contribution in [1.29, 1.82) is 0 Å². The zero-order valence-corrected chi connectivity index (χ0v) is 15.3. The highest BCUT2D eigenvalue weighted by Crippen LogP contribution is 2.33. The molecule has 8 nitrogen and oxygen atoms in total. The van der Waals surface area contributed by atoms with Gasteiger partial charge in [-0.15, -0.1) is 10.2 Å². The second-order valence-corrected chi connectivity index (χ2v) is 7.40. The molecular formula is C19H24N6O2. The Labute approximate surface area is 157 Å². The maximum atomic E-state index is 6.15. The lowest BCUT2D eigenvalue weighted by Crippen LogP contribution is -2.33. The van der Waals surface area contributed by atoms with Gasteiger partial charge in [-0.3, -0.25) is 14.3 Å². The van der Waals surface area contributed by atoms with Gasteiger partial charge in [0.25, 0.3) is 0 Å². The molecule has 1 atom stereocenters. The number of hydrogen-bond acceptors (Lipinski definition) is 7. The van der Waals surface area contributed by atoms with E-state index >= 15 is 0 Å². The molecule has 0 radical (unpaired) electrons. The normalized spacial score (nSPS) is 22.4. The molecule has 0 spiro atoms. The van der Waals surface area contributed by atoms with Gasteiger partial charge in [0.2, 0.25) is 11.8 Å². The first-order valence-corrected chi connectivity index (χ1v) is 9.79. The quantitative estimate of drug-likeness (QED) is 0.700. The maximum Gasteiger partial charge on any atom is 0.233 e. The monoisotopic (exact) mass is 368 g/mol. The van der Waals surface area contributed by atoms with E-state index in [1.54, 1.807) is 12.4 Å². The first-order valence-electron chi connectivity index (χ1n) is 9.79. The van der Waals surface area contributed by atoms with E-state index in [0.717, 1.165) is 68.7 Å². The van der Waals surface area contributed by atoms with Gasteiger partial charge in [-0.25, -0.2) is 4.98 Å². The summed E-state index contributed by atoms with van der Waals surface area (Å²) in [7, 11) is 0. The lowest BCUT2D eigenvalue weighted by Gasteiger charge is -2.33. The molecule has 27 heavy (non-hydrogen) atoms. The Morgan fingerprint density at radius 2 is 1.93 bits per heavy atom. The van der Waals surface area contributed by atoms with Gasteiger partial charge in [0, 0.05) is 38.1 Å². The topological polar surface area (TPSA) is 81.6 Å². The summed E-state index contributed by atoms with van der Waals surface area (Å²) in [5, 5.41) is 8.80. The van der Waals surface area contributed by atoms with Crippen LogP contribution in [0.1, 0.15) is 61.5 Å². The molecule has 2 aliphatic rings. The highest BCUT2D eigenvalue weighted by Gasteiger charge is 2.31. The van der Waals surface area contributed by atoms with Crippen molar-refractivity contribution in [3.63, 3.8) is 0 Å². The average molecular weight is 368 g/mol. The minimum Gasteiger partial charge on any atom is -0.423 e. The van der Waals surface area contributed by atoms with E-state index in [1.807, 2.05) is 12.4 Å². The largest absolute Gasteiger partial charge is 0.423 e. The molecule has 0 amide bonds. The highest BCUT2D eigenvalue weighted by atomic mass is 16.5. The van der Waals surface area contributed by atoms with Crippen LogP contribution in [0.3, 0.4) is 0 Å². The number of hydrogen-bond donors (Lipinski definition) is 0. The fourth-order valence-corrected chi connectivity index (χ4v) is 4.17. The average Bonchev–Trinajstić information content (AvgIpc) is 3.37. The van der Waals surface area contributed by atoms with E-state index < -0.39 is 0 Å². The van der Waals surface area contributed by atoms with Crippen LogP contribution in [0.2, 0.25) is 0 Å². The lowest BCUT2D eigenvalue weighted by molar-refractivity contribution is 0.0767. The highest BCUT2D eigenvalue weighted by molar-refractivity contribution is 5.36. The first-order chi connectivity index (χ1) is 13.4. The van der Waals surface area contributed by atoms with Crippen LogP contribution in [0.5, 0.6) is 0 Å². The van der Waals surface area contributed by atoms with Gasteiger partial charge in [-0.2, -0.15) is 0 Å². The Balaban J connectivity index is 1.37. The summed E-state index contributed by atoms with van der Waals surface area (Å²) < 4.78 is 13.7. The number of piperidine rings is 1. The van der Waals surface area contributed by atoms with Gasteiger partial charge in [0.05, 0.1) is 24.1 Å². The molecule has 2 aliphatic heterocycles. The van der Waals surface area contributed by atoms with E-state index in [4.69, 9.17) is 9.15 Å². The van der Waals surface area contributed by atoms with Crippen LogP contribution in [0.25, 0.3) is 5.65 Å². The Bertz CT molecular complexity index is 900. The molecule has 0 aliphatic carbocycles. The van der Waals surface area contributed by atoms with Gasteiger partial charge in [-0.05, 0) is 32.2 Å². The van der Waals surface area contributed by atoms with Gasteiger partial charge in [0.15, 0.2) is 5.65 Å². The summed E-state index contributed by atoms with van der Waals surface area (Å²) in [6.45, 7) is 3.39. The van der Waals surface area contributed by atoms with E-state index in [1.165, 1.54) is 12.8 Å². The number of rotatable bonds is 4. The molecular weight excluding hydrogens is 344 g/mol. The summed E-state index contributed by atoms with van der Waals surface area (Å²) in [4.78, 5) is 11.0. The minimum atomic E-state index is 0.173. The van der Waals surface area contributed by atoms with Crippen LogP contribution < -0.4 is 0 Å². The standard InChI is InChI=1S/C19H24N6O2/c1-2-7-24(13-15-11-21-17-12-20-6-8-25(15)17)16(3-1)19-23-22-18(27-19)14-4-9-26-10-5-14/h6,8,11-12,14,16H,1-5,7,9-10,13H2. The van der Waals surface area contributed by atoms with Crippen LogP contribution in [0, 0.1) is 0 Å². The van der Waals surface area contributed by atoms with Crippen molar-refractivity contribution in [1.82, 2.24) is 29.5 Å². The summed E-state index contributed by atoms with van der Waals surface area (Å²) >= 11 is 0. The van der Waals surface area contributed by atoms with Crippen molar-refractivity contribution in [3.8, 4) is 0 Å². The predicted octanol–water partition coefficient (Wildman–Crippen LogP) is 2.73. The van der Waals surface area contributed by atoms with Crippen molar-refractivity contribution in [3.05, 3.63) is 42.3 Å². The molecule has 5 heterocycles. The third kappa shape index (κ3) is 3.35. The van der Waals surface area contributed by atoms with Gasteiger partial charge < -0.3 is 9.15 Å². The second-order valence-electron chi connectivity index (χ2n) is 7.40. The van der Waals surface area contributed by atoms with E-state index in [-0.39, 0.29) is 6.04 Å². The number of nitrogens with zero attached hydrogens (tertiary/aromatic N) is 6. The second kappa shape index (κ2) is 7.36. The summed E-state index contributed by atoms with van der Waals surface area (Å²) in [6, 6.07) is 0.173. The molecule has 0 N–H and O–H groups in total. The Morgan fingerprint density at radius 3 is 2.85 bits per heavy atom. The third-order valence-corrected chi connectivity index (χ3v) is 5.68. The number of imidazole rings is 1. The number of fused-ring (bicyclic) bond motifs is 1. The van der Waals surface area contributed by atoms with Crippen LogP contribution >= 0.6 is 0 Å². The van der Waals surface area contributed by atoms with Crippen molar-refractivity contribution in [2.24, 2.45) is 0 Å². The zero-order valence-electron chi connectivity index (χ0n) is 15.3. The molecule has 0 aromatic carbocycles. The fraction of sp³-hybridized carbons (Fsp3) is 0.579. The Hall–Kier alpha value is -2.32. The molecule has 2 fully saturated rings. The molecule has 1 unspecified atom stereocenters. The van der Waals surface area contributed by atoms with E-state index in [9.17, 15) is 0 Å². The summed E-state index contributed by atoms with van der Waals surface area (Å²) in [5.74, 6) is 1.87. The van der Waals surface area contributed by atoms with Crippen molar-refractivity contribution in [2.75, 3.05) is 19.8 Å². The summed E-state index contributed by atoms with van der Waals surface area (Å²) in [6.07, 6.45) is 12.8. The molecule has 0 bridgehead atoms. The molecule has 3 aromatic heterocycles. The van der Waals surface area contributed by atoms with Crippen LogP contribution in [-0.4, -0.2) is 49.2 Å². The smallest absolute Gasteiger partial charge is 0.233 e. The van der Waals surface area contributed by atoms with Crippen LogP contribution in [0.4, 0.5) is 0 Å². The van der Waals surface area contributed by atoms with Gasteiger partial charge in [0.1, 0.15) is 0 Å². The SMILES string of the molecule is c1cn2c(CN3CCCCC3c3nnc(C4CCOCC4)o3)cnc2cn1. The van der Waals surface area contributed by atoms with Gasteiger partial charge in [-0.1, -0.05) is 6.42 Å². The Kier molecular flexibility index (Phi) is 4.59. The molecule has 142 valence electrons. The molecule has 3 aromatic rings. The molecule has 8 heteroatoms. The van der Waals surface area contributed by atoms with Crippen molar-refractivity contribution >= 4 is 5.65 Å². The maximum absolute atomic E-state index is 6.15. The first kappa shape index (κ1) is 16.8. The molecule has 2 saturated heterocycles. The fourth-order valence-electron chi connectivity index (χ4n) is 4.17. The van der Waals surface area contributed by atoms with Crippen molar-refractivity contribution in [2.45, 2.75) is 50.6 Å². The van der Waals surface area contributed by atoms with Crippen LogP contribution in [0.15, 0.2) is 29.2 Å².